The number of carbonyl (C=O) groups excluding carboxylic acids is 1. The van der Waals surface area contributed by atoms with Crippen molar-refractivity contribution in [1.82, 2.24) is 18.9 Å². The lowest BCUT2D eigenvalue weighted by molar-refractivity contribution is -0.143. The summed E-state index contributed by atoms with van der Waals surface area (Å²) in [6, 6.07) is 10.2. The molecular formula is C20H15ClF3N5O2. The van der Waals surface area contributed by atoms with E-state index in [-0.39, 0.29) is 17.1 Å². The topological polar surface area (TPSA) is 73.8 Å². The normalized spacial score (nSPS) is 11.8. The van der Waals surface area contributed by atoms with Gasteiger partial charge < -0.3 is 5.32 Å². The molecule has 0 radical (unpaired) electrons. The molecule has 2 aromatic heterocycles. The third-order valence-corrected chi connectivity index (χ3v) is 5.14. The van der Waals surface area contributed by atoms with Gasteiger partial charge in [0, 0.05) is 24.8 Å². The number of fused-ring (bicyclic) bond motifs is 1. The van der Waals surface area contributed by atoms with E-state index >= 15 is 0 Å². The minimum atomic E-state index is -4.84. The van der Waals surface area contributed by atoms with Crippen molar-refractivity contribution in [2.24, 2.45) is 14.1 Å². The van der Waals surface area contributed by atoms with Gasteiger partial charge in [0.05, 0.1) is 28.5 Å². The molecule has 0 bridgehead atoms. The molecule has 11 heteroatoms. The van der Waals surface area contributed by atoms with Gasteiger partial charge in [0.1, 0.15) is 0 Å². The average Bonchev–Trinajstić information content (AvgIpc) is 3.26. The maximum Gasteiger partial charge on any atom is 0.434 e. The number of benzene rings is 2. The minimum Gasteiger partial charge on any atom is -0.322 e. The first-order chi connectivity index (χ1) is 14.6. The fraction of sp³-hybridized carbons (Fsp3) is 0.150. The molecule has 1 amide bonds. The molecule has 2 heterocycles. The Kier molecular flexibility index (Phi) is 4.89. The highest BCUT2D eigenvalue weighted by molar-refractivity contribution is 6.30. The molecule has 0 aliphatic rings. The van der Waals surface area contributed by atoms with Crippen LogP contribution in [-0.2, 0) is 20.3 Å². The third-order valence-electron chi connectivity index (χ3n) is 4.88. The van der Waals surface area contributed by atoms with Crippen LogP contribution in [0.4, 0.5) is 18.9 Å². The van der Waals surface area contributed by atoms with E-state index in [1.807, 2.05) is 0 Å². The van der Waals surface area contributed by atoms with E-state index in [2.05, 4.69) is 10.4 Å². The molecule has 0 aliphatic heterocycles. The maximum atomic E-state index is 13.8. The zero-order valence-electron chi connectivity index (χ0n) is 16.2. The van der Waals surface area contributed by atoms with Gasteiger partial charge in [-0.25, -0.2) is 9.48 Å². The van der Waals surface area contributed by atoms with Crippen LogP contribution >= 0.6 is 11.6 Å². The summed E-state index contributed by atoms with van der Waals surface area (Å²) in [7, 11) is 3.16. The number of amides is 1. The summed E-state index contributed by atoms with van der Waals surface area (Å²) in [6.07, 6.45) is -3.97. The predicted molar refractivity (Wildman–Crippen MR) is 110 cm³/mol. The third kappa shape index (κ3) is 3.59. The molecule has 4 rings (SSSR count). The second-order valence-electron chi connectivity index (χ2n) is 6.85. The summed E-state index contributed by atoms with van der Waals surface area (Å²) in [5, 5.41) is 6.58. The van der Waals surface area contributed by atoms with Crippen molar-refractivity contribution < 1.29 is 18.0 Å². The van der Waals surface area contributed by atoms with Crippen LogP contribution in [0.2, 0.25) is 5.02 Å². The lowest BCUT2D eigenvalue weighted by Crippen LogP contribution is -2.20. The van der Waals surface area contributed by atoms with Crippen LogP contribution in [0.15, 0.2) is 53.5 Å². The molecule has 160 valence electrons. The number of halogens is 4. The molecule has 0 saturated carbocycles. The smallest absolute Gasteiger partial charge is 0.322 e. The van der Waals surface area contributed by atoms with E-state index in [0.717, 1.165) is 6.20 Å². The molecule has 0 atom stereocenters. The van der Waals surface area contributed by atoms with Crippen molar-refractivity contribution in [3.63, 3.8) is 0 Å². The zero-order valence-corrected chi connectivity index (χ0v) is 17.0. The van der Waals surface area contributed by atoms with Crippen LogP contribution in [0.5, 0.6) is 0 Å². The van der Waals surface area contributed by atoms with Crippen LogP contribution in [0.1, 0.15) is 16.1 Å². The fourth-order valence-corrected chi connectivity index (χ4v) is 3.47. The second kappa shape index (κ2) is 7.31. The van der Waals surface area contributed by atoms with Crippen molar-refractivity contribution in [3.05, 3.63) is 75.4 Å². The van der Waals surface area contributed by atoms with E-state index in [1.54, 1.807) is 20.2 Å². The highest BCUT2D eigenvalue weighted by atomic mass is 35.5. The van der Waals surface area contributed by atoms with E-state index in [4.69, 9.17) is 11.6 Å². The number of rotatable bonds is 3. The van der Waals surface area contributed by atoms with Crippen LogP contribution in [0, 0.1) is 0 Å². The van der Waals surface area contributed by atoms with Crippen LogP contribution < -0.4 is 11.0 Å². The van der Waals surface area contributed by atoms with Crippen molar-refractivity contribution in [1.29, 1.82) is 0 Å². The molecule has 4 aromatic rings. The van der Waals surface area contributed by atoms with Gasteiger partial charge in [-0.15, -0.1) is 0 Å². The van der Waals surface area contributed by atoms with Crippen molar-refractivity contribution in [3.8, 4) is 5.69 Å². The van der Waals surface area contributed by atoms with Gasteiger partial charge in [0.25, 0.3) is 5.91 Å². The molecule has 0 saturated heterocycles. The summed E-state index contributed by atoms with van der Waals surface area (Å²) in [4.78, 5) is 24.8. The Morgan fingerprint density at radius 1 is 1.03 bits per heavy atom. The van der Waals surface area contributed by atoms with Gasteiger partial charge in [-0.2, -0.15) is 18.3 Å². The van der Waals surface area contributed by atoms with Gasteiger partial charge in [-0.1, -0.05) is 11.6 Å². The first kappa shape index (κ1) is 20.7. The van der Waals surface area contributed by atoms with Gasteiger partial charge in [0.15, 0.2) is 5.69 Å². The quantitative estimate of drug-likeness (QED) is 0.514. The number of hydrogen-bond donors (Lipinski definition) is 1. The molecule has 0 fully saturated rings. The molecular weight excluding hydrogens is 435 g/mol. The molecule has 7 nitrogen and oxygen atoms in total. The predicted octanol–water partition coefficient (Wildman–Crippen LogP) is 3.99. The van der Waals surface area contributed by atoms with Crippen LogP contribution in [0.3, 0.4) is 0 Å². The van der Waals surface area contributed by atoms with Gasteiger partial charge in [-0.3, -0.25) is 13.9 Å². The summed E-state index contributed by atoms with van der Waals surface area (Å²) >= 11 is 5.80. The Labute approximate surface area is 178 Å². The molecule has 31 heavy (non-hydrogen) atoms. The van der Waals surface area contributed by atoms with E-state index in [1.165, 1.54) is 45.5 Å². The van der Waals surface area contributed by atoms with E-state index in [9.17, 15) is 22.8 Å². The number of alkyl halides is 3. The number of hydrogen-bond acceptors (Lipinski definition) is 3. The highest BCUT2D eigenvalue weighted by Crippen LogP contribution is 2.34. The molecule has 0 spiro atoms. The largest absolute Gasteiger partial charge is 0.434 e. The minimum absolute atomic E-state index is 0.108. The summed E-state index contributed by atoms with van der Waals surface area (Å²) in [5.41, 5.74) is -0.607. The lowest BCUT2D eigenvalue weighted by Gasteiger charge is -2.13. The van der Waals surface area contributed by atoms with Crippen LogP contribution in [0.25, 0.3) is 16.7 Å². The molecule has 0 aliphatic carbocycles. The molecule has 0 unspecified atom stereocenters. The van der Waals surface area contributed by atoms with E-state index in [0.29, 0.717) is 20.7 Å². The first-order valence-corrected chi connectivity index (χ1v) is 9.33. The number of aryl methyl sites for hydroxylation is 2. The Morgan fingerprint density at radius 3 is 2.32 bits per heavy atom. The number of nitrogens with one attached hydrogen (secondary N) is 1. The number of nitrogens with zero attached hydrogens (tertiary/aromatic N) is 4. The number of aromatic nitrogens is 4. The first-order valence-electron chi connectivity index (χ1n) is 8.96. The Bertz CT molecular complexity index is 1370. The van der Waals surface area contributed by atoms with Crippen molar-refractivity contribution in [2.75, 3.05) is 5.32 Å². The van der Waals surface area contributed by atoms with Gasteiger partial charge >= 0.3 is 11.9 Å². The van der Waals surface area contributed by atoms with Crippen molar-refractivity contribution in [2.45, 2.75) is 6.18 Å². The molecule has 2 aromatic carbocycles. The van der Waals surface area contributed by atoms with Crippen molar-refractivity contribution >= 4 is 34.2 Å². The molecule has 1 N–H and O–H groups in total. The SMILES string of the molecule is Cn1c(=O)n(C)c2cc(NC(=O)c3cnn(-c4ccc(Cl)cc4)c3C(F)(F)F)ccc21. The number of imidazole rings is 1. The Hall–Kier alpha value is -3.53. The Balaban J connectivity index is 1.74. The summed E-state index contributed by atoms with van der Waals surface area (Å²) in [6.45, 7) is 0. The lowest BCUT2D eigenvalue weighted by atomic mass is 10.2. The fourth-order valence-electron chi connectivity index (χ4n) is 3.35. The maximum absolute atomic E-state index is 13.8. The van der Waals surface area contributed by atoms with Gasteiger partial charge in [-0.05, 0) is 42.5 Å². The standard InChI is InChI=1S/C20H15ClF3N5O2/c1-27-15-8-5-12(9-16(15)28(2)19(27)31)26-18(30)14-10-25-29(17(14)20(22,23)24)13-6-3-11(21)4-7-13/h3-10H,1-2H3,(H,26,30). The van der Waals surface area contributed by atoms with Crippen LogP contribution in [-0.4, -0.2) is 24.8 Å². The summed E-state index contributed by atoms with van der Waals surface area (Å²) in [5.74, 6) is -0.979. The second-order valence-corrected chi connectivity index (χ2v) is 7.29. The monoisotopic (exact) mass is 449 g/mol. The number of carbonyl (C=O) groups is 1. The number of anilines is 1. The average molecular weight is 450 g/mol. The van der Waals surface area contributed by atoms with Gasteiger partial charge in [0.2, 0.25) is 0 Å². The zero-order chi connectivity index (χ0) is 22.5. The summed E-state index contributed by atoms with van der Waals surface area (Å²) < 4.78 is 44.9. The Morgan fingerprint density at radius 2 is 1.68 bits per heavy atom. The van der Waals surface area contributed by atoms with E-state index < -0.39 is 23.3 Å². The highest BCUT2D eigenvalue weighted by Gasteiger charge is 2.40.